The van der Waals surface area contributed by atoms with Crippen LogP contribution in [0.3, 0.4) is 0 Å². The van der Waals surface area contributed by atoms with Crippen molar-refractivity contribution >= 4 is 64.7 Å². The Balaban J connectivity index is 1.94. The van der Waals surface area contributed by atoms with Gasteiger partial charge in [-0.2, -0.15) is 0 Å². The Morgan fingerprint density at radius 2 is 1.57 bits per heavy atom. The summed E-state index contributed by atoms with van der Waals surface area (Å²) in [5.74, 6) is -1.22. The molecule has 2 aromatic heterocycles. The van der Waals surface area contributed by atoms with Crippen molar-refractivity contribution in [2.45, 2.75) is 13.5 Å². The minimum atomic E-state index is -1.22. The lowest BCUT2D eigenvalue weighted by Crippen LogP contribution is -2.35. The summed E-state index contributed by atoms with van der Waals surface area (Å²) in [4.78, 5) is 39.1. The number of benzene rings is 3. The van der Waals surface area contributed by atoms with Gasteiger partial charge in [0.15, 0.2) is 0 Å². The summed E-state index contributed by atoms with van der Waals surface area (Å²) in [6.07, 6.45) is 0. The van der Waals surface area contributed by atoms with Crippen LogP contribution in [0, 0.1) is 0 Å². The topological polar surface area (TPSA) is 79.6 Å². The van der Waals surface area contributed by atoms with Crippen molar-refractivity contribution in [2.24, 2.45) is 0 Å². The van der Waals surface area contributed by atoms with Crippen LogP contribution in [0.4, 0.5) is 5.69 Å². The second kappa shape index (κ2) is 6.53. The molecule has 5 aromatic rings. The van der Waals surface area contributed by atoms with E-state index in [1.807, 2.05) is 12.1 Å². The number of rotatable bonds is 4. The van der Waals surface area contributed by atoms with E-state index < -0.39 is 23.6 Å². The molecule has 0 saturated heterocycles. The van der Waals surface area contributed by atoms with E-state index in [-0.39, 0.29) is 0 Å². The minimum absolute atomic E-state index is 0.373. The zero-order valence-corrected chi connectivity index (χ0v) is 17.2. The first kappa shape index (κ1) is 18.6. The summed E-state index contributed by atoms with van der Waals surface area (Å²) in [5.41, 5.74) is 0.0103. The highest BCUT2D eigenvalue weighted by atomic mass is 32.1. The molecule has 3 aromatic carbocycles. The van der Waals surface area contributed by atoms with Crippen LogP contribution >= 0.6 is 11.3 Å². The molecule has 2 heterocycles. The number of pyridine rings is 1. The molecule has 6 nitrogen and oxygen atoms in total. The molecule has 5 rings (SSSR count). The van der Waals surface area contributed by atoms with Crippen LogP contribution in [-0.2, 0) is 11.3 Å². The second-order valence-corrected chi connectivity index (χ2v) is 8.49. The standard InChI is InChI=1S/C23H18N2O4S/c1-3-24(2)12-4-5-13-14-6-7-15-20-16(23(29)25(22(15)28)11-19(26)27)8-9-17(21(14)20)30-18(13)10-12/h4-10H,3,11H2,1-2H3,(H,26,27). The van der Waals surface area contributed by atoms with Crippen molar-refractivity contribution in [3.05, 3.63) is 63.2 Å². The molecule has 1 N–H and O–H groups in total. The maximum atomic E-state index is 12.9. The normalized spacial score (nSPS) is 11.8. The Morgan fingerprint density at radius 3 is 2.23 bits per heavy atom. The van der Waals surface area contributed by atoms with E-state index in [9.17, 15) is 14.4 Å². The third kappa shape index (κ3) is 2.52. The lowest BCUT2D eigenvalue weighted by atomic mass is 9.97. The minimum Gasteiger partial charge on any atom is -0.480 e. The Bertz CT molecular complexity index is 1570. The Kier molecular flexibility index (Phi) is 4.04. The molecular weight excluding hydrogens is 400 g/mol. The quantitative estimate of drug-likeness (QED) is 0.354. The van der Waals surface area contributed by atoms with E-state index >= 15 is 0 Å². The van der Waals surface area contributed by atoms with Gasteiger partial charge < -0.3 is 10.0 Å². The average molecular weight is 418 g/mol. The first-order valence-corrected chi connectivity index (χ1v) is 10.4. The number of hydrogen-bond donors (Lipinski definition) is 1. The summed E-state index contributed by atoms with van der Waals surface area (Å²) in [6, 6.07) is 13.5. The van der Waals surface area contributed by atoms with Crippen molar-refractivity contribution in [1.82, 2.24) is 4.57 Å². The van der Waals surface area contributed by atoms with Gasteiger partial charge in [-0.05, 0) is 48.0 Å². The molecule has 0 fully saturated rings. The number of aliphatic carboxylic acids is 1. The smallest absolute Gasteiger partial charge is 0.323 e. The number of nitrogens with zero attached hydrogens (tertiary/aromatic N) is 2. The molecule has 0 radical (unpaired) electrons. The van der Waals surface area contributed by atoms with E-state index in [1.54, 1.807) is 23.5 Å². The van der Waals surface area contributed by atoms with Gasteiger partial charge in [-0.1, -0.05) is 12.1 Å². The molecule has 7 heteroatoms. The van der Waals surface area contributed by atoms with Crippen LogP contribution in [0.5, 0.6) is 0 Å². The van der Waals surface area contributed by atoms with Gasteiger partial charge in [-0.15, -0.1) is 11.3 Å². The molecule has 0 spiro atoms. The molecule has 150 valence electrons. The van der Waals surface area contributed by atoms with Crippen LogP contribution < -0.4 is 16.0 Å². The van der Waals surface area contributed by atoms with Crippen molar-refractivity contribution in [3.63, 3.8) is 0 Å². The van der Waals surface area contributed by atoms with E-state index in [1.165, 1.54) is 0 Å². The van der Waals surface area contributed by atoms with Crippen LogP contribution in [-0.4, -0.2) is 29.2 Å². The number of carboxylic acid groups (broad SMARTS) is 1. The molecule has 0 atom stereocenters. The SMILES string of the molecule is CCN(C)c1ccc2c(c1)sc1ccc3c(=O)n(CC(=O)O)c(=O)c4ccc2c1c34. The lowest BCUT2D eigenvalue weighted by Gasteiger charge is -2.18. The summed E-state index contributed by atoms with van der Waals surface area (Å²) in [5, 5.41) is 13.4. The average Bonchev–Trinajstić information content (AvgIpc) is 2.75. The molecule has 0 aliphatic heterocycles. The number of hydrogen-bond acceptors (Lipinski definition) is 5. The number of carbonyl (C=O) groups is 1. The summed E-state index contributed by atoms with van der Waals surface area (Å²) < 4.78 is 2.92. The fourth-order valence-electron chi connectivity index (χ4n) is 4.15. The van der Waals surface area contributed by atoms with E-state index in [0.717, 1.165) is 42.4 Å². The summed E-state index contributed by atoms with van der Waals surface area (Å²) in [6.45, 7) is 2.36. The van der Waals surface area contributed by atoms with Gasteiger partial charge in [0.1, 0.15) is 6.54 Å². The van der Waals surface area contributed by atoms with Gasteiger partial charge in [0.25, 0.3) is 11.1 Å². The fraction of sp³-hybridized carbons (Fsp3) is 0.174. The van der Waals surface area contributed by atoms with Crippen LogP contribution in [0.2, 0.25) is 0 Å². The van der Waals surface area contributed by atoms with Crippen molar-refractivity contribution in [2.75, 3.05) is 18.5 Å². The highest BCUT2D eigenvalue weighted by Crippen LogP contribution is 2.40. The third-order valence-corrected chi connectivity index (χ3v) is 6.88. The summed E-state index contributed by atoms with van der Waals surface area (Å²) >= 11 is 1.63. The van der Waals surface area contributed by atoms with Crippen LogP contribution in [0.1, 0.15) is 6.92 Å². The van der Waals surface area contributed by atoms with Gasteiger partial charge in [0.05, 0.1) is 0 Å². The number of fused-ring (bicyclic) bond motifs is 2. The number of anilines is 1. The molecule has 0 saturated carbocycles. The fourth-order valence-corrected chi connectivity index (χ4v) is 5.30. The first-order valence-electron chi connectivity index (χ1n) is 9.61. The first-order chi connectivity index (χ1) is 14.4. The Hall–Kier alpha value is -3.45. The van der Waals surface area contributed by atoms with Crippen LogP contribution in [0.25, 0.3) is 41.7 Å². The predicted octanol–water partition coefficient (Wildman–Crippen LogP) is 3.86. The Labute approximate surface area is 174 Å². The maximum absolute atomic E-state index is 12.9. The molecular formula is C23H18N2O4S. The van der Waals surface area contributed by atoms with Crippen molar-refractivity contribution in [3.8, 4) is 0 Å². The van der Waals surface area contributed by atoms with E-state index in [4.69, 9.17) is 5.11 Å². The number of aromatic nitrogens is 1. The highest BCUT2D eigenvalue weighted by Gasteiger charge is 2.19. The molecule has 0 aliphatic carbocycles. The largest absolute Gasteiger partial charge is 0.480 e. The molecule has 0 aliphatic rings. The van der Waals surface area contributed by atoms with Gasteiger partial charge in [0.2, 0.25) is 0 Å². The van der Waals surface area contributed by atoms with Gasteiger partial charge in [0, 0.05) is 50.2 Å². The maximum Gasteiger partial charge on any atom is 0.323 e. The van der Waals surface area contributed by atoms with E-state index in [0.29, 0.717) is 16.2 Å². The second-order valence-electron chi connectivity index (χ2n) is 7.41. The zero-order valence-electron chi connectivity index (χ0n) is 16.4. The third-order valence-electron chi connectivity index (χ3n) is 5.76. The zero-order chi connectivity index (χ0) is 21.2. The van der Waals surface area contributed by atoms with Crippen LogP contribution in [0.15, 0.2) is 52.1 Å². The van der Waals surface area contributed by atoms with Gasteiger partial charge >= 0.3 is 5.97 Å². The predicted molar refractivity (Wildman–Crippen MR) is 123 cm³/mol. The van der Waals surface area contributed by atoms with Crippen molar-refractivity contribution < 1.29 is 9.90 Å². The van der Waals surface area contributed by atoms with E-state index in [2.05, 4.69) is 37.1 Å². The summed E-state index contributed by atoms with van der Waals surface area (Å²) in [7, 11) is 2.05. The van der Waals surface area contributed by atoms with Gasteiger partial charge in [-0.3, -0.25) is 19.0 Å². The molecule has 0 unspecified atom stereocenters. The molecule has 30 heavy (non-hydrogen) atoms. The van der Waals surface area contributed by atoms with Crippen molar-refractivity contribution in [1.29, 1.82) is 0 Å². The lowest BCUT2D eigenvalue weighted by molar-refractivity contribution is -0.137. The molecule has 0 bridgehead atoms. The highest BCUT2D eigenvalue weighted by molar-refractivity contribution is 7.25. The monoisotopic (exact) mass is 418 g/mol. The Morgan fingerprint density at radius 1 is 0.933 bits per heavy atom. The molecule has 0 amide bonds. The number of carboxylic acids is 1. The van der Waals surface area contributed by atoms with Gasteiger partial charge in [-0.25, -0.2) is 0 Å².